The molecule has 0 spiro atoms. The molecule has 90 valence electrons. The Kier molecular flexibility index (Phi) is 3.38. The van der Waals surface area contributed by atoms with E-state index >= 15 is 0 Å². The maximum atomic E-state index is 11.8. The first-order chi connectivity index (χ1) is 7.20. The third-order valence-corrected chi connectivity index (χ3v) is 2.20. The summed E-state index contributed by atoms with van der Waals surface area (Å²) in [6, 6.07) is 2.21. The largest absolute Gasteiger partial charge is 0.558 e. The van der Waals surface area contributed by atoms with Crippen molar-refractivity contribution in [2.45, 2.75) is 11.2 Å². The molecule has 0 saturated heterocycles. The smallest absolute Gasteiger partial charge is 0.422 e. The molecular weight excluding hydrogens is 249 g/mol. The molecular formula is C7H6F3N2O3S-. The van der Waals surface area contributed by atoms with Crippen molar-refractivity contribution < 1.29 is 26.3 Å². The van der Waals surface area contributed by atoms with Gasteiger partial charge in [0.15, 0.2) is 17.4 Å². The van der Waals surface area contributed by atoms with Gasteiger partial charge in [-0.15, -0.1) is 0 Å². The average molecular weight is 255 g/mol. The first kappa shape index (κ1) is 12.7. The van der Waals surface area contributed by atoms with Crippen molar-refractivity contribution in [1.82, 2.24) is 4.98 Å². The van der Waals surface area contributed by atoms with Gasteiger partial charge in [0, 0.05) is 6.20 Å². The van der Waals surface area contributed by atoms with Gasteiger partial charge in [-0.3, -0.25) is 0 Å². The Morgan fingerprint density at radius 2 is 2.06 bits per heavy atom. The van der Waals surface area contributed by atoms with Gasteiger partial charge in [0.1, 0.15) is 10.0 Å². The molecule has 0 radical (unpaired) electrons. The normalized spacial score (nSPS) is 12.5. The Morgan fingerprint density at radius 3 is 2.56 bits per heavy atom. The third kappa shape index (κ3) is 3.66. The lowest BCUT2D eigenvalue weighted by Crippen LogP contribution is -2.20. The van der Waals surface area contributed by atoms with Crippen LogP contribution in [-0.4, -0.2) is 26.2 Å². The van der Waals surface area contributed by atoms with Crippen LogP contribution in [0.25, 0.3) is 5.14 Å². The molecule has 0 aromatic carbocycles. The maximum absolute atomic E-state index is 11.8. The molecule has 9 heteroatoms. The predicted molar refractivity (Wildman–Crippen MR) is 47.3 cm³/mol. The van der Waals surface area contributed by atoms with E-state index in [1.807, 2.05) is 0 Å². The number of pyridine rings is 1. The van der Waals surface area contributed by atoms with Crippen molar-refractivity contribution in [3.05, 3.63) is 23.5 Å². The molecule has 0 amide bonds. The van der Waals surface area contributed by atoms with E-state index < -0.39 is 33.6 Å². The van der Waals surface area contributed by atoms with E-state index in [0.29, 0.717) is 0 Å². The Labute approximate surface area is 89.1 Å². The van der Waals surface area contributed by atoms with Crippen molar-refractivity contribution in [1.29, 1.82) is 0 Å². The minimum atomic E-state index is -4.58. The highest BCUT2D eigenvalue weighted by atomic mass is 32.2. The molecule has 0 aliphatic rings. The molecule has 0 atom stereocenters. The zero-order chi connectivity index (χ0) is 12.4. The van der Waals surface area contributed by atoms with Gasteiger partial charge in [0.05, 0.1) is 0 Å². The zero-order valence-electron chi connectivity index (χ0n) is 7.65. The molecule has 1 aromatic rings. The van der Waals surface area contributed by atoms with Gasteiger partial charge in [-0.1, -0.05) is 0 Å². The third-order valence-electron chi connectivity index (χ3n) is 1.38. The van der Waals surface area contributed by atoms with Crippen LogP contribution in [0.5, 0.6) is 5.75 Å². The van der Waals surface area contributed by atoms with Crippen LogP contribution >= 0.6 is 0 Å². The molecule has 0 bridgehead atoms. The van der Waals surface area contributed by atoms with Crippen LogP contribution < -0.4 is 4.74 Å². The Bertz CT molecular complexity index is 472. The summed E-state index contributed by atoms with van der Waals surface area (Å²) < 4.78 is 61.4. The number of aromatic nitrogens is 1. The number of ether oxygens (including phenoxy) is 1. The second kappa shape index (κ2) is 4.26. The number of nitrogens with one attached hydrogen (secondary N) is 1. The molecule has 5 nitrogen and oxygen atoms in total. The summed E-state index contributed by atoms with van der Waals surface area (Å²) in [5.74, 6) is -0.588. The highest BCUT2D eigenvalue weighted by Gasteiger charge is 2.29. The molecule has 0 unspecified atom stereocenters. The number of alkyl halides is 3. The second-order valence-electron chi connectivity index (χ2n) is 2.71. The maximum Gasteiger partial charge on any atom is 0.422 e. The summed E-state index contributed by atoms with van der Waals surface area (Å²) in [7, 11) is -4.45. The van der Waals surface area contributed by atoms with Gasteiger partial charge in [-0.05, 0) is 12.1 Å². The predicted octanol–water partition coefficient (Wildman–Crippen LogP) is 1.76. The molecule has 1 aromatic heterocycles. The first-order valence-corrected chi connectivity index (χ1v) is 5.33. The van der Waals surface area contributed by atoms with Gasteiger partial charge in [0.25, 0.3) is 0 Å². The van der Waals surface area contributed by atoms with Gasteiger partial charge < -0.3 is 9.88 Å². The minimum Gasteiger partial charge on any atom is -0.558 e. The van der Waals surface area contributed by atoms with Crippen molar-refractivity contribution >= 4 is 10.0 Å². The van der Waals surface area contributed by atoms with Crippen LogP contribution in [0.3, 0.4) is 0 Å². The standard InChI is InChI=1S/C7H6F3N2O3S/c8-7(9,10)4-15-5-2-1-3-12-6(5)16(11,13)14/h1-3H,4H2,(H-,11,13,14)/q-1. The summed E-state index contributed by atoms with van der Waals surface area (Å²) in [6.07, 6.45) is -3.54. The second-order valence-corrected chi connectivity index (χ2v) is 4.11. The monoisotopic (exact) mass is 255 g/mol. The topological polar surface area (TPSA) is 80.1 Å². The highest BCUT2D eigenvalue weighted by Crippen LogP contribution is 2.24. The van der Waals surface area contributed by atoms with E-state index in [2.05, 4.69) is 9.72 Å². The summed E-state index contributed by atoms with van der Waals surface area (Å²) in [5, 5.41) is 5.86. The van der Waals surface area contributed by atoms with Crippen LogP contribution in [0.2, 0.25) is 0 Å². The molecule has 1 heterocycles. The summed E-state index contributed by atoms with van der Waals surface area (Å²) in [4.78, 5) is 3.28. The molecule has 16 heavy (non-hydrogen) atoms. The number of halogens is 3. The van der Waals surface area contributed by atoms with E-state index in [9.17, 15) is 21.6 Å². The van der Waals surface area contributed by atoms with Gasteiger partial charge in [0.2, 0.25) is 0 Å². The Morgan fingerprint density at radius 1 is 1.44 bits per heavy atom. The summed E-state index contributed by atoms with van der Waals surface area (Å²) in [6.45, 7) is -1.64. The Balaban J connectivity index is 2.97. The number of nitrogens with zero attached hydrogens (tertiary/aromatic N) is 1. The lowest BCUT2D eigenvalue weighted by Gasteiger charge is -2.13. The Hall–Kier alpha value is -1.35. The van der Waals surface area contributed by atoms with E-state index in [4.69, 9.17) is 5.14 Å². The minimum absolute atomic E-state index is 0.588. The van der Waals surface area contributed by atoms with E-state index in [-0.39, 0.29) is 0 Å². The number of sulfonamides is 1. The first-order valence-electron chi connectivity index (χ1n) is 3.84. The fraction of sp³-hybridized carbons (Fsp3) is 0.286. The van der Waals surface area contributed by atoms with Crippen LogP contribution in [0, 0.1) is 0 Å². The SMILES string of the molecule is [NH-]S(=O)(=O)c1ncccc1OCC(F)(F)F. The molecule has 0 saturated carbocycles. The van der Waals surface area contributed by atoms with Crippen LogP contribution in [-0.2, 0) is 10.0 Å². The summed E-state index contributed by atoms with van der Waals surface area (Å²) in [5.41, 5.74) is 0. The van der Waals surface area contributed by atoms with Gasteiger partial charge >= 0.3 is 6.18 Å². The van der Waals surface area contributed by atoms with E-state index in [1.54, 1.807) is 0 Å². The zero-order valence-corrected chi connectivity index (χ0v) is 8.47. The van der Waals surface area contributed by atoms with Crippen LogP contribution in [0.15, 0.2) is 23.4 Å². The average Bonchev–Trinajstić information content (AvgIpc) is 2.12. The fourth-order valence-electron chi connectivity index (χ4n) is 0.847. The van der Waals surface area contributed by atoms with Gasteiger partial charge in [-0.25, -0.2) is 13.4 Å². The lowest BCUT2D eigenvalue weighted by molar-refractivity contribution is -0.153. The van der Waals surface area contributed by atoms with Gasteiger partial charge in [-0.2, -0.15) is 13.2 Å². The fourth-order valence-corrected chi connectivity index (χ4v) is 1.44. The van der Waals surface area contributed by atoms with E-state index in [0.717, 1.165) is 12.3 Å². The quantitative estimate of drug-likeness (QED) is 0.824. The number of hydrogen-bond acceptors (Lipinski definition) is 4. The van der Waals surface area contributed by atoms with E-state index in [1.165, 1.54) is 6.07 Å². The molecule has 0 aliphatic carbocycles. The molecule has 1 N–H and O–H groups in total. The van der Waals surface area contributed by atoms with Crippen LogP contribution in [0.4, 0.5) is 13.2 Å². The lowest BCUT2D eigenvalue weighted by atomic mass is 10.4. The van der Waals surface area contributed by atoms with Crippen LogP contribution in [0.1, 0.15) is 0 Å². The molecule has 1 rings (SSSR count). The van der Waals surface area contributed by atoms with Crippen molar-refractivity contribution in [2.24, 2.45) is 0 Å². The summed E-state index contributed by atoms with van der Waals surface area (Å²) >= 11 is 0. The highest BCUT2D eigenvalue weighted by molar-refractivity contribution is 7.93. The number of hydrogen-bond donors (Lipinski definition) is 0. The molecule has 0 aliphatic heterocycles. The van der Waals surface area contributed by atoms with Crippen molar-refractivity contribution in [3.63, 3.8) is 0 Å². The molecule has 0 fully saturated rings. The van der Waals surface area contributed by atoms with Crippen molar-refractivity contribution in [2.75, 3.05) is 6.61 Å². The van der Waals surface area contributed by atoms with Crippen molar-refractivity contribution in [3.8, 4) is 5.75 Å². The number of rotatable bonds is 3.